The standard InChI is InChI=1S/C7H12N2O/c1-2-8-7-9-3-5-10-6-4-9/h1,3-7H2. The number of hydrogen-bond donors (Lipinski definition) is 0. The lowest BCUT2D eigenvalue weighted by Gasteiger charge is -2.23. The predicted octanol–water partition coefficient (Wildman–Crippen LogP) is 0.132. The lowest BCUT2D eigenvalue weighted by Crippen LogP contribution is -2.36. The average Bonchev–Trinajstić information content (AvgIpc) is 2.03. The van der Waals surface area contributed by atoms with Gasteiger partial charge in [-0.05, 0) is 12.4 Å². The summed E-state index contributed by atoms with van der Waals surface area (Å²) in [6.45, 7) is 7.72. The van der Waals surface area contributed by atoms with E-state index in [2.05, 4.69) is 22.3 Å². The molecular formula is C7H12N2O. The Morgan fingerprint density at radius 2 is 2.20 bits per heavy atom. The van der Waals surface area contributed by atoms with Crippen molar-refractivity contribution in [1.29, 1.82) is 0 Å². The highest BCUT2D eigenvalue weighted by Crippen LogP contribution is 1.94. The zero-order valence-corrected chi connectivity index (χ0v) is 6.05. The highest BCUT2D eigenvalue weighted by atomic mass is 16.5. The summed E-state index contributed by atoms with van der Waals surface area (Å²) in [5, 5.41) is 0. The summed E-state index contributed by atoms with van der Waals surface area (Å²) in [5.41, 5.74) is 0. The van der Waals surface area contributed by atoms with Gasteiger partial charge in [-0.1, -0.05) is 0 Å². The van der Waals surface area contributed by atoms with Crippen molar-refractivity contribution in [2.75, 3.05) is 33.0 Å². The summed E-state index contributed by atoms with van der Waals surface area (Å²) in [4.78, 5) is 6.11. The molecule has 1 aliphatic rings. The second-order valence-corrected chi connectivity index (χ2v) is 2.19. The molecule has 1 aliphatic heterocycles. The fourth-order valence-electron chi connectivity index (χ4n) is 0.893. The topological polar surface area (TPSA) is 24.8 Å². The third-order valence-corrected chi connectivity index (χ3v) is 1.49. The Balaban J connectivity index is 2.19. The van der Waals surface area contributed by atoms with Crippen molar-refractivity contribution in [2.45, 2.75) is 0 Å². The van der Waals surface area contributed by atoms with Crippen LogP contribution in [0, 0.1) is 0 Å². The summed E-state index contributed by atoms with van der Waals surface area (Å²) in [6, 6.07) is 0. The molecule has 0 aromatic heterocycles. The van der Waals surface area contributed by atoms with Gasteiger partial charge in [-0.2, -0.15) is 0 Å². The molecule has 0 aliphatic carbocycles. The highest BCUT2D eigenvalue weighted by Gasteiger charge is 2.07. The van der Waals surface area contributed by atoms with Crippen LogP contribution in [0.1, 0.15) is 0 Å². The number of nitrogens with zero attached hydrogens (tertiary/aromatic N) is 2. The Bertz CT molecular complexity index is 135. The Morgan fingerprint density at radius 3 is 2.80 bits per heavy atom. The van der Waals surface area contributed by atoms with Gasteiger partial charge >= 0.3 is 0 Å². The van der Waals surface area contributed by atoms with Crippen LogP contribution in [-0.2, 0) is 4.74 Å². The molecule has 1 fully saturated rings. The van der Waals surface area contributed by atoms with Crippen LogP contribution in [0.4, 0.5) is 0 Å². The van der Waals surface area contributed by atoms with Crippen molar-refractivity contribution in [3.8, 4) is 0 Å². The molecule has 3 nitrogen and oxygen atoms in total. The van der Waals surface area contributed by atoms with Gasteiger partial charge in [0, 0.05) is 13.1 Å². The molecule has 0 saturated carbocycles. The maximum absolute atomic E-state index is 5.16. The summed E-state index contributed by atoms with van der Waals surface area (Å²) in [7, 11) is 0. The van der Waals surface area contributed by atoms with E-state index in [0.717, 1.165) is 26.3 Å². The first-order valence-electron chi connectivity index (χ1n) is 3.42. The summed E-state index contributed by atoms with van der Waals surface area (Å²) < 4.78 is 5.16. The number of aliphatic imine (C=N–C) groups is 1. The fraction of sp³-hybridized carbons (Fsp3) is 0.714. The van der Waals surface area contributed by atoms with Gasteiger partial charge in [0.1, 0.15) is 6.67 Å². The number of hydrogen-bond acceptors (Lipinski definition) is 3. The third-order valence-electron chi connectivity index (χ3n) is 1.49. The lowest BCUT2D eigenvalue weighted by molar-refractivity contribution is 0.0395. The molecule has 0 radical (unpaired) electrons. The quantitative estimate of drug-likeness (QED) is 0.509. The minimum absolute atomic E-state index is 0.715. The molecule has 0 bridgehead atoms. The second-order valence-electron chi connectivity index (χ2n) is 2.19. The molecule has 1 rings (SSSR count). The fourth-order valence-corrected chi connectivity index (χ4v) is 0.893. The zero-order chi connectivity index (χ0) is 7.23. The summed E-state index contributed by atoms with van der Waals surface area (Å²) >= 11 is 0. The summed E-state index contributed by atoms with van der Waals surface area (Å²) in [5.74, 6) is 2.51. The average molecular weight is 140 g/mol. The van der Waals surface area contributed by atoms with Crippen molar-refractivity contribution >= 4 is 5.87 Å². The molecule has 0 amide bonds. The normalized spacial score (nSPS) is 20.0. The highest BCUT2D eigenvalue weighted by molar-refractivity contribution is 5.46. The van der Waals surface area contributed by atoms with Gasteiger partial charge in [-0.15, -0.1) is 0 Å². The van der Waals surface area contributed by atoms with E-state index >= 15 is 0 Å². The Hall–Kier alpha value is -0.630. The van der Waals surface area contributed by atoms with E-state index in [1.54, 1.807) is 0 Å². The van der Waals surface area contributed by atoms with Gasteiger partial charge in [-0.25, -0.2) is 4.99 Å². The minimum Gasteiger partial charge on any atom is -0.379 e. The van der Waals surface area contributed by atoms with Gasteiger partial charge in [-0.3, -0.25) is 4.90 Å². The van der Waals surface area contributed by atoms with Crippen LogP contribution < -0.4 is 0 Å². The van der Waals surface area contributed by atoms with Crippen molar-refractivity contribution in [3.63, 3.8) is 0 Å². The Morgan fingerprint density at radius 1 is 1.50 bits per heavy atom. The first kappa shape index (κ1) is 7.48. The van der Waals surface area contributed by atoms with Crippen LogP contribution in [0.15, 0.2) is 11.6 Å². The zero-order valence-electron chi connectivity index (χ0n) is 6.05. The molecule has 0 N–H and O–H groups in total. The lowest BCUT2D eigenvalue weighted by atomic mass is 10.5. The van der Waals surface area contributed by atoms with Crippen LogP contribution in [0.5, 0.6) is 0 Å². The van der Waals surface area contributed by atoms with Gasteiger partial charge in [0.05, 0.1) is 13.2 Å². The first-order chi connectivity index (χ1) is 4.93. The smallest absolute Gasteiger partial charge is 0.101 e. The second kappa shape index (κ2) is 4.23. The molecule has 3 heteroatoms. The first-order valence-corrected chi connectivity index (χ1v) is 3.42. The van der Waals surface area contributed by atoms with Gasteiger partial charge in [0.2, 0.25) is 0 Å². The molecule has 10 heavy (non-hydrogen) atoms. The predicted molar refractivity (Wildman–Crippen MR) is 40.3 cm³/mol. The van der Waals surface area contributed by atoms with Gasteiger partial charge in [0.25, 0.3) is 0 Å². The van der Waals surface area contributed by atoms with E-state index in [9.17, 15) is 0 Å². The van der Waals surface area contributed by atoms with E-state index < -0.39 is 0 Å². The molecule has 0 aromatic rings. The molecule has 0 atom stereocenters. The maximum atomic E-state index is 5.16. The van der Waals surface area contributed by atoms with E-state index in [4.69, 9.17) is 4.74 Å². The van der Waals surface area contributed by atoms with Crippen LogP contribution in [-0.4, -0.2) is 43.7 Å². The van der Waals surface area contributed by atoms with Crippen LogP contribution in [0.25, 0.3) is 0 Å². The van der Waals surface area contributed by atoms with E-state index in [-0.39, 0.29) is 0 Å². The van der Waals surface area contributed by atoms with Crippen molar-refractivity contribution in [2.24, 2.45) is 4.99 Å². The van der Waals surface area contributed by atoms with Gasteiger partial charge in [0.15, 0.2) is 0 Å². The molecule has 0 spiro atoms. The number of morpholine rings is 1. The summed E-state index contributed by atoms with van der Waals surface area (Å²) in [6.07, 6.45) is 0. The largest absolute Gasteiger partial charge is 0.379 e. The molecular weight excluding hydrogens is 128 g/mol. The minimum atomic E-state index is 0.715. The van der Waals surface area contributed by atoms with Crippen LogP contribution in [0.3, 0.4) is 0 Å². The number of ether oxygens (including phenoxy) is 1. The third kappa shape index (κ3) is 2.31. The molecule has 0 unspecified atom stereocenters. The van der Waals surface area contributed by atoms with E-state index in [1.807, 2.05) is 0 Å². The molecule has 1 saturated heterocycles. The number of rotatable bonds is 2. The van der Waals surface area contributed by atoms with Crippen molar-refractivity contribution in [3.05, 3.63) is 6.58 Å². The van der Waals surface area contributed by atoms with E-state index in [1.165, 1.54) is 0 Å². The molecule has 1 heterocycles. The van der Waals surface area contributed by atoms with Crippen molar-refractivity contribution in [1.82, 2.24) is 4.90 Å². The maximum Gasteiger partial charge on any atom is 0.101 e. The molecule has 56 valence electrons. The monoisotopic (exact) mass is 140 g/mol. The molecule has 0 aromatic carbocycles. The SMILES string of the molecule is C=C=NCN1CCOCC1. The Kier molecular flexibility index (Phi) is 3.16. The van der Waals surface area contributed by atoms with Crippen molar-refractivity contribution < 1.29 is 4.74 Å². The van der Waals surface area contributed by atoms with Crippen LogP contribution in [0.2, 0.25) is 0 Å². The van der Waals surface area contributed by atoms with Gasteiger partial charge < -0.3 is 4.74 Å². The van der Waals surface area contributed by atoms with E-state index in [0.29, 0.717) is 6.67 Å². The van der Waals surface area contributed by atoms with Crippen LogP contribution >= 0.6 is 0 Å². The Labute approximate surface area is 61.0 Å².